The van der Waals surface area contributed by atoms with Crippen molar-refractivity contribution in [3.05, 3.63) is 24.8 Å². The number of hydrogen-bond acceptors (Lipinski definition) is 7. The van der Waals surface area contributed by atoms with Crippen LogP contribution in [0.2, 0.25) is 0 Å². The number of thioether (sulfide) groups is 1. The minimum Gasteiger partial charge on any atom is -0.386 e. The zero-order valence-corrected chi connectivity index (χ0v) is 22.1. The van der Waals surface area contributed by atoms with Crippen molar-refractivity contribution in [1.29, 1.82) is 0 Å². The predicted octanol–water partition coefficient (Wildman–Crippen LogP) is 5.00. The van der Waals surface area contributed by atoms with Crippen molar-refractivity contribution in [2.24, 2.45) is 11.8 Å². The Morgan fingerprint density at radius 2 is 1.82 bits per heavy atom. The van der Waals surface area contributed by atoms with Gasteiger partial charge in [0, 0.05) is 17.6 Å². The molecule has 1 aliphatic heterocycles. The second kappa shape index (κ2) is 12.9. The molecule has 5 atom stereocenters. The van der Waals surface area contributed by atoms with Gasteiger partial charge in [-0.15, -0.1) is 24.9 Å². The fourth-order valence-corrected chi connectivity index (χ4v) is 7.06. The van der Waals surface area contributed by atoms with Crippen LogP contribution in [0.5, 0.6) is 0 Å². The number of aromatic nitrogens is 3. The quantitative estimate of drug-likeness (QED) is 0.331. The summed E-state index contributed by atoms with van der Waals surface area (Å²) in [4.78, 5) is 3.92. The van der Waals surface area contributed by atoms with E-state index in [1.54, 1.807) is 6.08 Å². The summed E-state index contributed by atoms with van der Waals surface area (Å²) in [6.45, 7) is 2.58. The first-order valence-electron chi connectivity index (χ1n) is 13.2. The first-order chi connectivity index (χ1) is 18.0. The molecule has 3 unspecified atom stereocenters. The number of hydrogen-bond donors (Lipinski definition) is 1. The number of alkyl halides is 5. The molecule has 13 heteroatoms. The van der Waals surface area contributed by atoms with Gasteiger partial charge < -0.3 is 14.6 Å². The highest BCUT2D eigenvalue weighted by Crippen LogP contribution is 2.43. The van der Waals surface area contributed by atoms with E-state index in [1.165, 1.54) is 29.1 Å². The maximum atomic E-state index is 15.0. The third kappa shape index (κ3) is 8.12. The normalized spacial score (nSPS) is 35.7. The fraction of sp³-hybridized carbons (Fsp3) is 0.840. The van der Waals surface area contributed by atoms with Crippen molar-refractivity contribution in [1.82, 2.24) is 14.8 Å². The molecule has 0 bridgehead atoms. The van der Waals surface area contributed by atoms with Crippen LogP contribution >= 0.6 is 11.8 Å². The van der Waals surface area contributed by atoms with Gasteiger partial charge in [-0.2, -0.15) is 5.10 Å². The third-order valence-corrected chi connectivity index (χ3v) is 9.26. The molecular formula is C25H36F5N3O4S. The van der Waals surface area contributed by atoms with Gasteiger partial charge in [-0.25, -0.2) is 13.8 Å². The monoisotopic (exact) mass is 569 g/mol. The minimum atomic E-state index is -4.60. The highest BCUT2D eigenvalue weighted by Gasteiger charge is 2.49. The summed E-state index contributed by atoms with van der Waals surface area (Å²) in [5.74, 6) is -0.596. The predicted molar refractivity (Wildman–Crippen MR) is 131 cm³/mol. The molecule has 1 saturated heterocycles. The van der Waals surface area contributed by atoms with Crippen LogP contribution in [0.4, 0.5) is 22.0 Å². The van der Waals surface area contributed by atoms with Crippen molar-refractivity contribution < 1.29 is 41.3 Å². The lowest BCUT2D eigenvalue weighted by Crippen LogP contribution is -2.55. The van der Waals surface area contributed by atoms with Crippen molar-refractivity contribution in [3.8, 4) is 0 Å². The molecule has 1 aromatic rings. The Bertz CT molecular complexity index is 879. The minimum absolute atomic E-state index is 0.0409. The van der Waals surface area contributed by atoms with Crippen LogP contribution in [0.15, 0.2) is 24.8 Å². The van der Waals surface area contributed by atoms with Crippen LogP contribution in [0, 0.1) is 11.8 Å². The molecule has 1 aromatic heterocycles. The highest BCUT2D eigenvalue weighted by molar-refractivity contribution is 8.00. The molecule has 4 rings (SSSR count). The second-order valence-corrected chi connectivity index (χ2v) is 12.2. The zero-order valence-electron chi connectivity index (χ0n) is 21.3. The summed E-state index contributed by atoms with van der Waals surface area (Å²) < 4.78 is 83.2. The molecule has 216 valence electrons. The summed E-state index contributed by atoms with van der Waals surface area (Å²) in [6.07, 6.45) is 0.0749. The van der Waals surface area contributed by atoms with E-state index in [0.29, 0.717) is 38.9 Å². The Morgan fingerprint density at radius 1 is 1.11 bits per heavy atom. The molecule has 0 spiro atoms. The Morgan fingerprint density at radius 3 is 2.42 bits per heavy atom. The average Bonchev–Trinajstić information content (AvgIpc) is 3.36. The molecule has 3 fully saturated rings. The van der Waals surface area contributed by atoms with Gasteiger partial charge in [0.2, 0.25) is 0 Å². The van der Waals surface area contributed by atoms with Crippen LogP contribution in [0.1, 0.15) is 51.9 Å². The van der Waals surface area contributed by atoms with E-state index in [0.717, 1.165) is 0 Å². The van der Waals surface area contributed by atoms with Crippen molar-refractivity contribution in [3.63, 3.8) is 0 Å². The molecule has 0 radical (unpaired) electrons. The van der Waals surface area contributed by atoms with Crippen molar-refractivity contribution >= 4 is 11.8 Å². The van der Waals surface area contributed by atoms with E-state index in [1.807, 2.05) is 13.0 Å². The van der Waals surface area contributed by atoms with Gasteiger partial charge in [0.25, 0.3) is 0 Å². The highest BCUT2D eigenvalue weighted by atomic mass is 32.2. The van der Waals surface area contributed by atoms with Crippen molar-refractivity contribution in [2.75, 3.05) is 13.2 Å². The van der Waals surface area contributed by atoms with E-state index in [4.69, 9.17) is 9.47 Å². The summed E-state index contributed by atoms with van der Waals surface area (Å²) in [6, 6.07) is 0. The summed E-state index contributed by atoms with van der Waals surface area (Å²) >= 11 is 1.45. The van der Waals surface area contributed by atoms with E-state index < -0.39 is 47.9 Å². The van der Waals surface area contributed by atoms with Gasteiger partial charge in [0.15, 0.2) is 6.29 Å². The SMILES string of the molecule is C[C@@H](SC1COC(/C=C/C2CCC(OC(F)(F)F)CC2)OC1)[C@](O)(Cn1cncn1)C1CCC(F)CC1F. The van der Waals surface area contributed by atoms with Gasteiger partial charge in [-0.05, 0) is 50.5 Å². The van der Waals surface area contributed by atoms with Crippen LogP contribution in [-0.2, 0) is 20.8 Å². The van der Waals surface area contributed by atoms with Gasteiger partial charge in [-0.3, -0.25) is 9.42 Å². The molecule has 0 aromatic carbocycles. The molecule has 3 aliphatic rings. The van der Waals surface area contributed by atoms with Crippen LogP contribution < -0.4 is 0 Å². The maximum Gasteiger partial charge on any atom is 0.522 e. The first-order valence-corrected chi connectivity index (χ1v) is 14.1. The smallest absolute Gasteiger partial charge is 0.386 e. The van der Waals surface area contributed by atoms with E-state index >= 15 is 0 Å². The summed E-state index contributed by atoms with van der Waals surface area (Å²) in [5, 5.41) is 15.3. The van der Waals surface area contributed by atoms with E-state index in [2.05, 4.69) is 14.8 Å². The van der Waals surface area contributed by atoms with Crippen LogP contribution in [0.3, 0.4) is 0 Å². The van der Waals surface area contributed by atoms with E-state index in [9.17, 15) is 27.1 Å². The van der Waals surface area contributed by atoms with Crippen LogP contribution in [-0.4, -0.2) is 80.3 Å². The number of halogens is 5. The number of ether oxygens (including phenoxy) is 3. The number of rotatable bonds is 9. The molecule has 2 heterocycles. The molecule has 7 nitrogen and oxygen atoms in total. The molecule has 38 heavy (non-hydrogen) atoms. The number of aliphatic hydroxyl groups is 1. The Labute approximate surface area is 223 Å². The molecule has 1 N–H and O–H groups in total. The van der Waals surface area contributed by atoms with Crippen LogP contribution in [0.25, 0.3) is 0 Å². The second-order valence-electron chi connectivity index (χ2n) is 10.5. The summed E-state index contributed by atoms with van der Waals surface area (Å²) in [5.41, 5.74) is -1.48. The Hall–Kier alpha value is -1.28. The van der Waals surface area contributed by atoms with E-state index in [-0.39, 0.29) is 37.0 Å². The standard InChI is InChI=1S/C25H36F5N3O4S/c1-16(24(34,13-33-15-31-14-32-33)21-8-5-18(26)10-22(21)27)38-20-11-35-23(36-12-20)9-4-17-2-6-19(7-3-17)37-25(28,29)30/h4,9,14-23,34H,2-3,5-8,10-13H2,1H3/b9-4+/t16-,17?,18?,19?,20?,21?,22?,23?,24-/m1/s1. The fourth-order valence-electron chi connectivity index (χ4n) is 5.68. The number of nitrogens with zero attached hydrogens (tertiary/aromatic N) is 3. The zero-order chi connectivity index (χ0) is 27.3. The topological polar surface area (TPSA) is 78.6 Å². The van der Waals surface area contributed by atoms with Crippen molar-refractivity contribution in [2.45, 2.75) is 106 Å². The largest absolute Gasteiger partial charge is 0.522 e. The molecule has 0 amide bonds. The average molecular weight is 570 g/mol. The van der Waals surface area contributed by atoms with Gasteiger partial charge in [0.1, 0.15) is 30.6 Å². The first kappa shape index (κ1) is 29.7. The number of allylic oxidation sites excluding steroid dienone is 1. The van der Waals surface area contributed by atoms with Gasteiger partial charge >= 0.3 is 6.36 Å². The Kier molecular flexibility index (Phi) is 10.1. The van der Waals surface area contributed by atoms with Gasteiger partial charge in [0.05, 0.1) is 31.1 Å². The molecule has 2 aliphatic carbocycles. The molecular weight excluding hydrogens is 533 g/mol. The molecule has 2 saturated carbocycles. The lowest BCUT2D eigenvalue weighted by molar-refractivity contribution is -0.345. The maximum absolute atomic E-state index is 15.0. The lowest BCUT2D eigenvalue weighted by atomic mass is 9.73. The summed E-state index contributed by atoms with van der Waals surface area (Å²) in [7, 11) is 0. The van der Waals surface area contributed by atoms with Gasteiger partial charge in [-0.1, -0.05) is 13.0 Å². The lowest BCUT2D eigenvalue weighted by Gasteiger charge is -2.45. The third-order valence-electron chi connectivity index (χ3n) is 7.79. The Balaban J connectivity index is 1.27.